The highest BCUT2D eigenvalue weighted by Crippen LogP contribution is 2.00. The van der Waals surface area contributed by atoms with Gasteiger partial charge in [0.15, 0.2) is 5.96 Å². The van der Waals surface area contributed by atoms with E-state index < -0.39 is 0 Å². The Balaban J connectivity index is 0.00000361. The molecule has 0 aliphatic rings. The zero-order valence-corrected chi connectivity index (χ0v) is 15.0. The Morgan fingerprint density at radius 3 is 2.75 bits per heavy atom. The number of aliphatic imine (C=N–C) groups is 1. The first kappa shape index (κ1) is 19.2. The molecular weight excluding hydrogens is 367 g/mol. The van der Waals surface area contributed by atoms with Crippen LogP contribution in [0.1, 0.15) is 25.8 Å². The predicted octanol–water partition coefficient (Wildman–Crippen LogP) is 2.12. The normalized spacial score (nSPS) is 11.1. The first-order chi connectivity index (χ1) is 9.26. The predicted molar refractivity (Wildman–Crippen MR) is 94.8 cm³/mol. The van der Waals surface area contributed by atoms with Crippen LogP contribution < -0.4 is 10.6 Å². The quantitative estimate of drug-likeness (QED) is 0.308. The number of hydrogen-bond acceptors (Lipinski definition) is 2. The Morgan fingerprint density at radius 1 is 1.35 bits per heavy atom. The van der Waals surface area contributed by atoms with Gasteiger partial charge in [-0.3, -0.25) is 0 Å². The Bertz CT molecular complexity index is 379. The largest absolute Gasteiger partial charge is 0.382 e. The van der Waals surface area contributed by atoms with Crippen molar-refractivity contribution < 1.29 is 4.74 Å². The van der Waals surface area contributed by atoms with Gasteiger partial charge in [-0.1, -0.05) is 0 Å². The lowest BCUT2D eigenvalue weighted by Gasteiger charge is -2.10. The van der Waals surface area contributed by atoms with E-state index >= 15 is 0 Å². The van der Waals surface area contributed by atoms with E-state index in [-0.39, 0.29) is 24.0 Å². The van der Waals surface area contributed by atoms with Crippen molar-refractivity contribution in [3.63, 3.8) is 0 Å². The summed E-state index contributed by atoms with van der Waals surface area (Å²) in [4.78, 5) is 4.56. The van der Waals surface area contributed by atoms with Crippen molar-refractivity contribution >= 4 is 29.9 Å². The van der Waals surface area contributed by atoms with Crippen LogP contribution in [-0.2, 0) is 18.3 Å². The third-order valence-electron chi connectivity index (χ3n) is 2.62. The van der Waals surface area contributed by atoms with E-state index in [1.54, 1.807) is 0 Å². The molecule has 0 amide bonds. The molecule has 1 rings (SSSR count). The summed E-state index contributed by atoms with van der Waals surface area (Å²) in [5.41, 5.74) is 1.22. The molecule has 0 aliphatic heterocycles. The first-order valence-electron chi connectivity index (χ1n) is 6.97. The number of aromatic nitrogens is 1. The number of halogens is 1. The van der Waals surface area contributed by atoms with Crippen LogP contribution >= 0.6 is 24.0 Å². The molecule has 116 valence electrons. The highest BCUT2D eigenvalue weighted by Gasteiger charge is 1.98. The maximum absolute atomic E-state index is 5.30. The van der Waals surface area contributed by atoms with Crippen molar-refractivity contribution in [1.29, 1.82) is 0 Å². The molecule has 20 heavy (non-hydrogen) atoms. The molecule has 5 nitrogen and oxygen atoms in total. The number of nitrogens with one attached hydrogen (secondary N) is 2. The summed E-state index contributed by atoms with van der Waals surface area (Å²) in [5, 5.41) is 6.55. The number of aryl methyl sites for hydroxylation is 1. The summed E-state index contributed by atoms with van der Waals surface area (Å²) < 4.78 is 7.34. The second-order valence-electron chi connectivity index (χ2n) is 4.36. The van der Waals surface area contributed by atoms with E-state index in [1.165, 1.54) is 5.56 Å². The molecule has 0 bridgehead atoms. The minimum absolute atomic E-state index is 0. The molecule has 1 aromatic rings. The fourth-order valence-electron chi connectivity index (χ4n) is 1.69. The van der Waals surface area contributed by atoms with Gasteiger partial charge in [0.05, 0.1) is 6.54 Å². The summed E-state index contributed by atoms with van der Waals surface area (Å²) in [5.74, 6) is 0.864. The molecule has 0 saturated carbocycles. The van der Waals surface area contributed by atoms with Crippen LogP contribution in [0.5, 0.6) is 0 Å². The maximum Gasteiger partial charge on any atom is 0.191 e. The fraction of sp³-hybridized carbons (Fsp3) is 0.643. The summed E-state index contributed by atoms with van der Waals surface area (Å²) in [7, 11) is 2.02. The van der Waals surface area contributed by atoms with Crippen LogP contribution in [0.15, 0.2) is 23.5 Å². The lowest BCUT2D eigenvalue weighted by Crippen LogP contribution is -2.38. The van der Waals surface area contributed by atoms with Gasteiger partial charge in [0.2, 0.25) is 0 Å². The molecule has 0 spiro atoms. The van der Waals surface area contributed by atoms with E-state index in [0.717, 1.165) is 38.7 Å². The number of rotatable bonds is 8. The number of guanidine groups is 1. The molecule has 0 saturated heterocycles. The second-order valence-corrected chi connectivity index (χ2v) is 4.36. The van der Waals surface area contributed by atoms with Crippen LogP contribution in [0, 0.1) is 0 Å². The number of ether oxygens (including phenoxy) is 1. The monoisotopic (exact) mass is 394 g/mol. The lowest BCUT2D eigenvalue weighted by molar-refractivity contribution is 0.145. The van der Waals surface area contributed by atoms with E-state index in [0.29, 0.717) is 6.54 Å². The molecule has 0 aliphatic carbocycles. The van der Waals surface area contributed by atoms with Crippen molar-refractivity contribution in [1.82, 2.24) is 15.2 Å². The Kier molecular flexibility index (Phi) is 11.6. The van der Waals surface area contributed by atoms with E-state index in [2.05, 4.69) is 34.8 Å². The minimum Gasteiger partial charge on any atom is -0.382 e. The van der Waals surface area contributed by atoms with Gasteiger partial charge < -0.3 is 19.9 Å². The first-order valence-corrected chi connectivity index (χ1v) is 6.97. The minimum atomic E-state index is 0. The average molecular weight is 394 g/mol. The lowest BCUT2D eigenvalue weighted by atomic mass is 10.3. The van der Waals surface area contributed by atoms with Crippen LogP contribution in [0.2, 0.25) is 0 Å². The summed E-state index contributed by atoms with van der Waals surface area (Å²) >= 11 is 0. The van der Waals surface area contributed by atoms with Gasteiger partial charge in [-0.25, -0.2) is 4.99 Å². The van der Waals surface area contributed by atoms with E-state index in [9.17, 15) is 0 Å². The number of nitrogens with zero attached hydrogens (tertiary/aromatic N) is 2. The zero-order chi connectivity index (χ0) is 13.9. The zero-order valence-electron chi connectivity index (χ0n) is 12.7. The summed E-state index contributed by atoms with van der Waals surface area (Å²) in [6.07, 6.45) is 5.11. The molecule has 6 heteroatoms. The fourth-order valence-corrected chi connectivity index (χ4v) is 1.69. The molecule has 2 N–H and O–H groups in total. The van der Waals surface area contributed by atoms with Gasteiger partial charge in [-0.05, 0) is 31.9 Å². The average Bonchev–Trinajstić information content (AvgIpc) is 2.81. The van der Waals surface area contributed by atoms with Crippen molar-refractivity contribution in [2.75, 3.05) is 26.3 Å². The highest BCUT2D eigenvalue weighted by molar-refractivity contribution is 14.0. The van der Waals surface area contributed by atoms with E-state index in [1.807, 2.05) is 24.7 Å². The summed E-state index contributed by atoms with van der Waals surface area (Å²) in [6.45, 7) is 8.09. The third kappa shape index (κ3) is 8.42. The molecule has 1 heterocycles. The molecule has 1 aromatic heterocycles. The van der Waals surface area contributed by atoms with Crippen LogP contribution in [-0.4, -0.2) is 36.8 Å². The Hall–Kier alpha value is -0.760. The molecular formula is C14H27IN4O. The van der Waals surface area contributed by atoms with Crippen molar-refractivity contribution in [2.24, 2.45) is 12.0 Å². The maximum atomic E-state index is 5.30. The van der Waals surface area contributed by atoms with Gasteiger partial charge in [-0.2, -0.15) is 0 Å². The van der Waals surface area contributed by atoms with Crippen molar-refractivity contribution in [2.45, 2.75) is 26.8 Å². The SMILES string of the molecule is CCNC(=NCc1ccn(C)c1)NCCCOCC.I. The van der Waals surface area contributed by atoms with Gasteiger partial charge in [-0.15, -0.1) is 24.0 Å². The summed E-state index contributed by atoms with van der Waals surface area (Å²) in [6, 6.07) is 2.09. The Labute approximate surface area is 139 Å². The van der Waals surface area contributed by atoms with Gasteiger partial charge in [0, 0.05) is 45.7 Å². The van der Waals surface area contributed by atoms with Gasteiger partial charge in [0.25, 0.3) is 0 Å². The van der Waals surface area contributed by atoms with Crippen molar-refractivity contribution in [3.05, 3.63) is 24.0 Å². The molecule has 0 unspecified atom stereocenters. The second kappa shape index (κ2) is 12.0. The molecule has 0 aromatic carbocycles. The molecule has 0 fully saturated rings. The van der Waals surface area contributed by atoms with Crippen molar-refractivity contribution in [3.8, 4) is 0 Å². The van der Waals surface area contributed by atoms with Gasteiger partial charge in [0.1, 0.15) is 0 Å². The number of hydrogen-bond donors (Lipinski definition) is 2. The molecule has 0 atom stereocenters. The highest BCUT2D eigenvalue weighted by atomic mass is 127. The van der Waals surface area contributed by atoms with Gasteiger partial charge >= 0.3 is 0 Å². The standard InChI is InChI=1S/C14H26N4O.HI/c1-4-15-14(16-8-6-10-19-5-2)17-11-13-7-9-18(3)12-13;/h7,9,12H,4-6,8,10-11H2,1-3H3,(H2,15,16,17);1H. The van der Waals surface area contributed by atoms with E-state index in [4.69, 9.17) is 4.74 Å². The topological polar surface area (TPSA) is 50.6 Å². The Morgan fingerprint density at radius 2 is 2.15 bits per heavy atom. The molecule has 0 radical (unpaired) electrons. The van der Waals surface area contributed by atoms with Crippen LogP contribution in [0.4, 0.5) is 0 Å². The smallest absolute Gasteiger partial charge is 0.191 e. The third-order valence-corrected chi connectivity index (χ3v) is 2.62. The van der Waals surface area contributed by atoms with Crippen LogP contribution in [0.3, 0.4) is 0 Å². The van der Waals surface area contributed by atoms with Crippen LogP contribution in [0.25, 0.3) is 0 Å².